The van der Waals surface area contributed by atoms with E-state index in [1.165, 1.54) is 283 Å². The molecule has 1 fully saturated rings. The van der Waals surface area contributed by atoms with Crippen LogP contribution in [0.2, 0.25) is 0 Å². The first kappa shape index (κ1) is 70.2. The van der Waals surface area contributed by atoms with Crippen molar-refractivity contribution in [3.63, 3.8) is 0 Å². The van der Waals surface area contributed by atoms with Gasteiger partial charge in [-0.25, -0.2) is 0 Å². The molecular formula is C64H127NO8. The molecule has 0 bridgehead atoms. The van der Waals surface area contributed by atoms with Gasteiger partial charge in [0, 0.05) is 6.42 Å². The minimum Gasteiger partial charge on any atom is -0.394 e. The normalized spacial score (nSPS) is 18.9. The third-order valence-corrected chi connectivity index (χ3v) is 16.2. The lowest BCUT2D eigenvalue weighted by Gasteiger charge is -2.40. The minimum atomic E-state index is -1.55. The van der Waals surface area contributed by atoms with Gasteiger partial charge in [-0.1, -0.05) is 328 Å². The Bertz CT molecular complexity index is 1110. The second kappa shape index (κ2) is 54.5. The highest BCUT2D eigenvalue weighted by molar-refractivity contribution is 5.76. The first-order valence-corrected chi connectivity index (χ1v) is 32.7. The maximum absolute atomic E-state index is 13.1. The van der Waals surface area contributed by atoms with Gasteiger partial charge in [0.05, 0.1) is 25.4 Å². The Balaban J connectivity index is 2.10. The van der Waals surface area contributed by atoms with Crippen molar-refractivity contribution in [2.24, 2.45) is 0 Å². The van der Waals surface area contributed by atoms with Crippen LogP contribution in [0.4, 0.5) is 0 Å². The van der Waals surface area contributed by atoms with E-state index in [2.05, 4.69) is 19.2 Å². The molecular weight excluding hydrogens is 911 g/mol. The average Bonchev–Trinajstić information content (AvgIpc) is 3.39. The van der Waals surface area contributed by atoms with Crippen molar-refractivity contribution in [1.82, 2.24) is 5.32 Å². The second-order valence-electron chi connectivity index (χ2n) is 23.3. The highest BCUT2D eigenvalue weighted by atomic mass is 16.7. The lowest BCUT2D eigenvalue weighted by molar-refractivity contribution is -0.302. The molecule has 9 heteroatoms. The van der Waals surface area contributed by atoms with E-state index in [1.54, 1.807) is 0 Å². The molecule has 0 aromatic carbocycles. The van der Waals surface area contributed by atoms with Crippen LogP contribution < -0.4 is 5.32 Å². The van der Waals surface area contributed by atoms with Crippen molar-refractivity contribution in [2.75, 3.05) is 13.2 Å². The summed E-state index contributed by atoms with van der Waals surface area (Å²) < 4.78 is 11.4. The van der Waals surface area contributed by atoms with Crippen LogP contribution >= 0.6 is 0 Å². The number of amides is 1. The highest BCUT2D eigenvalue weighted by Crippen LogP contribution is 2.24. The molecule has 7 atom stereocenters. The Morgan fingerprint density at radius 3 is 0.973 bits per heavy atom. The summed E-state index contributed by atoms with van der Waals surface area (Å²) in [4.78, 5) is 13.1. The molecule has 73 heavy (non-hydrogen) atoms. The summed E-state index contributed by atoms with van der Waals surface area (Å²) in [5.74, 6) is -0.135. The number of hydrogen-bond donors (Lipinski definition) is 6. The summed E-state index contributed by atoms with van der Waals surface area (Å²) in [5.41, 5.74) is 0. The molecule has 1 aliphatic heterocycles. The van der Waals surface area contributed by atoms with Crippen molar-refractivity contribution in [1.29, 1.82) is 0 Å². The van der Waals surface area contributed by atoms with Crippen LogP contribution in [-0.2, 0) is 14.3 Å². The lowest BCUT2D eigenvalue weighted by atomic mass is 9.99. The first-order valence-electron chi connectivity index (χ1n) is 32.7. The fourth-order valence-electron chi connectivity index (χ4n) is 11.0. The predicted octanol–water partition coefficient (Wildman–Crippen LogP) is 17.0. The third kappa shape index (κ3) is 43.8. The van der Waals surface area contributed by atoms with Crippen LogP contribution in [0.3, 0.4) is 0 Å². The third-order valence-electron chi connectivity index (χ3n) is 16.2. The molecule has 0 aromatic heterocycles. The van der Waals surface area contributed by atoms with Crippen LogP contribution in [0, 0.1) is 0 Å². The van der Waals surface area contributed by atoms with Gasteiger partial charge in [0.1, 0.15) is 24.4 Å². The van der Waals surface area contributed by atoms with Gasteiger partial charge in [-0.05, 0) is 12.8 Å². The first-order chi connectivity index (χ1) is 35.8. The summed E-state index contributed by atoms with van der Waals surface area (Å²) in [6.45, 7) is 3.90. The van der Waals surface area contributed by atoms with Crippen molar-refractivity contribution in [3.05, 3.63) is 0 Å². The van der Waals surface area contributed by atoms with Gasteiger partial charge >= 0.3 is 0 Å². The van der Waals surface area contributed by atoms with Gasteiger partial charge in [-0.3, -0.25) is 4.79 Å². The SMILES string of the molecule is CCCCCCCCCCCCCCCCCCCCCCCCCCCCCCCCCC(O)C(COC1OC(CO)C(O)C(O)C1O)NC(=O)CCCCCCCCCCCCCCCCCCCCC. The minimum absolute atomic E-state index is 0.131. The molecule has 0 radical (unpaired) electrons. The van der Waals surface area contributed by atoms with Crippen molar-refractivity contribution in [2.45, 2.75) is 391 Å². The second-order valence-corrected chi connectivity index (χ2v) is 23.3. The fraction of sp³-hybridized carbons (Fsp3) is 0.984. The van der Waals surface area contributed by atoms with E-state index in [4.69, 9.17) is 9.47 Å². The van der Waals surface area contributed by atoms with Crippen molar-refractivity contribution < 1.29 is 39.8 Å². The molecule has 436 valence electrons. The molecule has 0 saturated carbocycles. The van der Waals surface area contributed by atoms with E-state index in [0.717, 1.165) is 38.5 Å². The number of ether oxygens (including phenoxy) is 2. The number of unbranched alkanes of at least 4 members (excludes halogenated alkanes) is 48. The zero-order valence-electron chi connectivity index (χ0n) is 48.7. The largest absolute Gasteiger partial charge is 0.394 e. The Labute approximate surface area is 453 Å². The standard InChI is InChI=1S/C64H127NO8/c1-3-5-7-9-11-13-15-17-19-21-23-24-25-26-27-28-29-30-31-32-33-34-36-37-39-41-43-45-47-49-51-53-58(67)57(56-72-64-63(71)62(70)61(69)59(55-66)73-64)65-60(68)54-52-50-48-46-44-42-40-38-35-22-20-18-16-14-12-10-8-6-4-2/h57-59,61-64,66-67,69-71H,3-56H2,1-2H3,(H,65,68). The molecule has 7 unspecified atom stereocenters. The van der Waals surface area contributed by atoms with E-state index in [1.807, 2.05) is 0 Å². The van der Waals surface area contributed by atoms with E-state index in [0.29, 0.717) is 12.8 Å². The number of aliphatic hydroxyl groups excluding tert-OH is 5. The van der Waals surface area contributed by atoms with E-state index in [-0.39, 0.29) is 12.5 Å². The number of hydrogen-bond acceptors (Lipinski definition) is 8. The Morgan fingerprint density at radius 1 is 0.411 bits per heavy atom. The van der Waals surface area contributed by atoms with Gasteiger partial charge in [0.15, 0.2) is 6.29 Å². The number of nitrogens with one attached hydrogen (secondary N) is 1. The number of carbonyl (C=O) groups excluding carboxylic acids is 1. The maximum atomic E-state index is 13.1. The molecule has 0 spiro atoms. The molecule has 1 amide bonds. The van der Waals surface area contributed by atoms with Gasteiger partial charge in [0.2, 0.25) is 5.91 Å². The molecule has 1 rings (SSSR count). The maximum Gasteiger partial charge on any atom is 0.220 e. The van der Waals surface area contributed by atoms with Crippen LogP contribution in [0.25, 0.3) is 0 Å². The molecule has 1 heterocycles. The van der Waals surface area contributed by atoms with Crippen molar-refractivity contribution in [3.8, 4) is 0 Å². The van der Waals surface area contributed by atoms with Crippen LogP contribution in [0.15, 0.2) is 0 Å². The van der Waals surface area contributed by atoms with Crippen LogP contribution in [-0.4, -0.2) is 87.5 Å². The van der Waals surface area contributed by atoms with Crippen LogP contribution in [0.5, 0.6) is 0 Å². The average molecular weight is 1040 g/mol. The Hall–Kier alpha value is -0.810. The van der Waals surface area contributed by atoms with Gasteiger partial charge < -0.3 is 40.3 Å². The topological polar surface area (TPSA) is 149 Å². The summed E-state index contributed by atoms with van der Waals surface area (Å²) in [6, 6.07) is -0.714. The zero-order valence-corrected chi connectivity index (χ0v) is 48.7. The number of carbonyl (C=O) groups is 1. The van der Waals surface area contributed by atoms with Gasteiger partial charge in [-0.2, -0.15) is 0 Å². The summed E-state index contributed by atoms with van der Waals surface area (Å²) in [7, 11) is 0. The number of rotatable bonds is 58. The molecule has 6 N–H and O–H groups in total. The predicted molar refractivity (Wildman–Crippen MR) is 309 cm³/mol. The van der Waals surface area contributed by atoms with Gasteiger partial charge in [0.25, 0.3) is 0 Å². The summed E-state index contributed by atoms with van der Waals surface area (Å²) in [6.07, 6.45) is 60.2. The van der Waals surface area contributed by atoms with Crippen molar-refractivity contribution >= 4 is 5.91 Å². The molecule has 0 aliphatic carbocycles. The van der Waals surface area contributed by atoms with Crippen LogP contribution in [0.1, 0.15) is 348 Å². The Kier molecular flexibility index (Phi) is 52.5. The lowest BCUT2D eigenvalue weighted by Crippen LogP contribution is -2.60. The molecule has 1 saturated heterocycles. The fourth-order valence-corrected chi connectivity index (χ4v) is 11.0. The Morgan fingerprint density at radius 2 is 0.685 bits per heavy atom. The monoisotopic (exact) mass is 1040 g/mol. The smallest absolute Gasteiger partial charge is 0.220 e. The van der Waals surface area contributed by atoms with Gasteiger partial charge in [-0.15, -0.1) is 0 Å². The summed E-state index contributed by atoms with van der Waals surface area (Å²) >= 11 is 0. The molecule has 9 nitrogen and oxygen atoms in total. The summed E-state index contributed by atoms with van der Waals surface area (Å²) in [5, 5.41) is 54.8. The van der Waals surface area contributed by atoms with E-state index in [9.17, 15) is 30.3 Å². The quantitative estimate of drug-likeness (QED) is 0.0330. The molecule has 0 aromatic rings. The molecule has 1 aliphatic rings. The van der Waals surface area contributed by atoms with E-state index < -0.39 is 49.5 Å². The highest BCUT2D eigenvalue weighted by Gasteiger charge is 2.44. The number of aliphatic hydroxyl groups is 5. The van der Waals surface area contributed by atoms with E-state index >= 15 is 0 Å². The zero-order chi connectivity index (χ0) is 52.9.